The van der Waals surface area contributed by atoms with Gasteiger partial charge in [-0.25, -0.2) is 8.78 Å². The number of amides is 1. The second-order valence-corrected chi connectivity index (χ2v) is 9.63. The summed E-state index contributed by atoms with van der Waals surface area (Å²) in [5.41, 5.74) is 4.29. The second-order valence-electron chi connectivity index (χ2n) is 8.77. The summed E-state index contributed by atoms with van der Waals surface area (Å²) < 4.78 is 30.0. The fourth-order valence-electron chi connectivity index (χ4n) is 4.51. The molecule has 5 nitrogen and oxygen atoms in total. The van der Waals surface area contributed by atoms with E-state index < -0.39 is 11.6 Å². The molecule has 0 spiro atoms. The molecule has 1 amide bonds. The van der Waals surface area contributed by atoms with Gasteiger partial charge in [0.1, 0.15) is 0 Å². The van der Waals surface area contributed by atoms with Crippen LogP contribution in [0.5, 0.6) is 0 Å². The van der Waals surface area contributed by atoms with E-state index in [0.717, 1.165) is 40.3 Å². The lowest BCUT2D eigenvalue weighted by molar-refractivity contribution is 0.0924. The Labute approximate surface area is 212 Å². The van der Waals surface area contributed by atoms with Crippen LogP contribution >= 0.6 is 28.3 Å². The molecule has 0 saturated carbocycles. The predicted molar refractivity (Wildman–Crippen MR) is 136 cm³/mol. The van der Waals surface area contributed by atoms with Crippen LogP contribution < -0.4 is 10.6 Å². The summed E-state index contributed by atoms with van der Waals surface area (Å²) >= 11 is 3.57. The van der Waals surface area contributed by atoms with Crippen LogP contribution in [0.25, 0.3) is 11.3 Å². The first-order chi connectivity index (χ1) is 15.8. The van der Waals surface area contributed by atoms with Gasteiger partial charge in [0.05, 0.1) is 16.4 Å². The first-order valence-electron chi connectivity index (χ1n) is 11.0. The van der Waals surface area contributed by atoms with Crippen LogP contribution in [-0.4, -0.2) is 34.8 Å². The third-order valence-corrected chi connectivity index (χ3v) is 6.84. The third kappa shape index (κ3) is 5.34. The molecule has 2 heterocycles. The van der Waals surface area contributed by atoms with Crippen molar-refractivity contribution in [2.75, 3.05) is 13.1 Å². The summed E-state index contributed by atoms with van der Waals surface area (Å²) in [7, 11) is 1.89. The van der Waals surface area contributed by atoms with E-state index in [-0.39, 0.29) is 36.2 Å². The highest BCUT2D eigenvalue weighted by Gasteiger charge is 2.29. The maximum absolute atomic E-state index is 13.8. The molecule has 182 valence electrons. The Morgan fingerprint density at radius 1 is 1.21 bits per heavy atom. The van der Waals surface area contributed by atoms with Gasteiger partial charge in [0.2, 0.25) is 0 Å². The van der Waals surface area contributed by atoms with E-state index in [1.165, 1.54) is 6.07 Å². The topological polar surface area (TPSA) is 59.0 Å². The molecule has 2 atom stereocenters. The molecular weight excluding hydrogens is 526 g/mol. The maximum Gasteiger partial charge on any atom is 0.251 e. The van der Waals surface area contributed by atoms with Gasteiger partial charge in [-0.1, -0.05) is 26.0 Å². The smallest absolute Gasteiger partial charge is 0.251 e. The van der Waals surface area contributed by atoms with Gasteiger partial charge in [-0.3, -0.25) is 9.48 Å². The second kappa shape index (κ2) is 11.0. The molecule has 1 aliphatic rings. The Bertz CT molecular complexity index is 1160. The monoisotopic (exact) mass is 552 g/mol. The molecule has 1 aliphatic heterocycles. The van der Waals surface area contributed by atoms with Crippen LogP contribution in [0.15, 0.2) is 47.1 Å². The molecule has 1 aromatic heterocycles. The van der Waals surface area contributed by atoms with Crippen LogP contribution in [0.2, 0.25) is 0 Å². The highest BCUT2D eigenvalue weighted by Crippen LogP contribution is 2.34. The first-order valence-corrected chi connectivity index (χ1v) is 11.8. The van der Waals surface area contributed by atoms with Gasteiger partial charge in [0.25, 0.3) is 5.91 Å². The van der Waals surface area contributed by atoms with Crippen LogP contribution in [0.4, 0.5) is 8.78 Å². The number of carbonyl (C=O) groups is 1. The van der Waals surface area contributed by atoms with Crippen molar-refractivity contribution in [2.45, 2.75) is 38.1 Å². The van der Waals surface area contributed by atoms with Gasteiger partial charge in [0, 0.05) is 36.7 Å². The van der Waals surface area contributed by atoms with E-state index in [9.17, 15) is 13.6 Å². The van der Waals surface area contributed by atoms with Crippen molar-refractivity contribution in [1.82, 2.24) is 20.4 Å². The number of hydrogen-bond acceptors (Lipinski definition) is 3. The zero-order valence-electron chi connectivity index (χ0n) is 19.2. The van der Waals surface area contributed by atoms with Gasteiger partial charge < -0.3 is 10.6 Å². The number of halogens is 4. The lowest BCUT2D eigenvalue weighted by Gasteiger charge is -2.33. The fourth-order valence-corrected chi connectivity index (χ4v) is 5.08. The maximum atomic E-state index is 13.8. The molecule has 2 aromatic carbocycles. The predicted octanol–water partition coefficient (Wildman–Crippen LogP) is 5.55. The van der Waals surface area contributed by atoms with Gasteiger partial charge in [-0.15, -0.1) is 12.4 Å². The molecule has 3 aromatic rings. The van der Waals surface area contributed by atoms with E-state index >= 15 is 0 Å². The summed E-state index contributed by atoms with van der Waals surface area (Å²) in [5, 5.41) is 10.7. The number of aromatic nitrogens is 2. The summed E-state index contributed by atoms with van der Waals surface area (Å²) in [6.45, 7) is 5.50. The van der Waals surface area contributed by atoms with Crippen LogP contribution in [0.1, 0.15) is 53.6 Å². The third-order valence-electron chi connectivity index (χ3n) is 6.26. The summed E-state index contributed by atoms with van der Waals surface area (Å²) in [6, 6.07) is 9.46. The number of nitrogens with zero attached hydrogens (tertiary/aromatic N) is 2. The van der Waals surface area contributed by atoms with E-state index in [4.69, 9.17) is 0 Å². The van der Waals surface area contributed by atoms with E-state index in [2.05, 4.69) is 45.5 Å². The SMILES string of the molecule is CC(C)c1cc(C(=O)N[C@@H]2CNCC[C@H]2c2ccc(F)c(F)c2)ccc1-c1c(Br)cnn1C.Cl. The molecule has 0 bridgehead atoms. The van der Waals surface area contributed by atoms with Crippen molar-refractivity contribution >= 4 is 34.2 Å². The summed E-state index contributed by atoms with van der Waals surface area (Å²) in [5.74, 6) is -1.82. The average molecular weight is 554 g/mol. The molecule has 0 aliphatic carbocycles. The molecule has 1 saturated heterocycles. The Balaban J connectivity index is 0.00000324. The first kappa shape index (κ1) is 26.3. The Morgan fingerprint density at radius 2 is 1.97 bits per heavy atom. The highest BCUT2D eigenvalue weighted by atomic mass is 79.9. The zero-order valence-corrected chi connectivity index (χ0v) is 21.6. The lowest BCUT2D eigenvalue weighted by Crippen LogP contribution is -2.50. The minimum Gasteiger partial charge on any atom is -0.347 e. The minimum atomic E-state index is -0.866. The number of carbonyl (C=O) groups excluding carboxylic acids is 1. The van der Waals surface area contributed by atoms with Crippen LogP contribution in [-0.2, 0) is 7.05 Å². The van der Waals surface area contributed by atoms with Crippen molar-refractivity contribution in [3.05, 3.63) is 75.4 Å². The minimum absolute atomic E-state index is 0. The molecule has 34 heavy (non-hydrogen) atoms. The summed E-state index contributed by atoms with van der Waals surface area (Å²) in [6.07, 6.45) is 2.48. The van der Waals surface area contributed by atoms with E-state index in [0.29, 0.717) is 17.7 Å². The number of nitrogens with one attached hydrogen (secondary N) is 2. The van der Waals surface area contributed by atoms with E-state index in [1.807, 2.05) is 29.9 Å². The summed E-state index contributed by atoms with van der Waals surface area (Å²) in [4.78, 5) is 13.2. The fraction of sp³-hybridized carbons (Fsp3) is 0.360. The molecule has 0 radical (unpaired) electrons. The molecular formula is C25H28BrClF2N4O. The number of benzene rings is 2. The zero-order chi connectivity index (χ0) is 23.7. The molecule has 0 unspecified atom stereocenters. The number of piperidine rings is 1. The van der Waals surface area contributed by atoms with Gasteiger partial charge in [-0.05, 0) is 70.2 Å². The molecule has 1 fully saturated rings. The normalized spacial score (nSPS) is 18.0. The van der Waals surface area contributed by atoms with Crippen LogP contribution in [0, 0.1) is 11.6 Å². The van der Waals surface area contributed by atoms with Gasteiger partial charge in [0.15, 0.2) is 11.6 Å². The standard InChI is InChI=1S/C25H27BrF2N4O.ClH/c1-14(2)19-10-16(4-6-18(19)24-20(26)12-30-32(24)3)25(33)31-23-13-29-9-8-17(23)15-5-7-21(27)22(28)11-15;/h4-7,10-12,14,17,23,29H,8-9,13H2,1-3H3,(H,31,33);1H/t17-,23+;/m0./s1. The Morgan fingerprint density at radius 3 is 2.62 bits per heavy atom. The quantitative estimate of drug-likeness (QED) is 0.436. The lowest BCUT2D eigenvalue weighted by atomic mass is 9.85. The molecule has 9 heteroatoms. The largest absolute Gasteiger partial charge is 0.347 e. The molecule has 4 rings (SSSR count). The van der Waals surface area contributed by atoms with Crippen molar-refractivity contribution in [2.24, 2.45) is 7.05 Å². The van der Waals surface area contributed by atoms with E-state index in [1.54, 1.807) is 12.3 Å². The number of rotatable bonds is 5. The molecule has 2 N–H and O–H groups in total. The Kier molecular flexibility index (Phi) is 8.49. The van der Waals surface area contributed by atoms with Crippen LogP contribution in [0.3, 0.4) is 0 Å². The van der Waals surface area contributed by atoms with Crippen molar-refractivity contribution in [3.8, 4) is 11.3 Å². The Hall–Kier alpha value is -2.29. The average Bonchev–Trinajstić information content (AvgIpc) is 3.13. The van der Waals surface area contributed by atoms with Gasteiger partial charge in [-0.2, -0.15) is 5.10 Å². The van der Waals surface area contributed by atoms with Crippen molar-refractivity contribution < 1.29 is 13.6 Å². The number of aryl methyl sites for hydroxylation is 1. The van der Waals surface area contributed by atoms with Crippen molar-refractivity contribution in [3.63, 3.8) is 0 Å². The number of hydrogen-bond donors (Lipinski definition) is 2. The van der Waals surface area contributed by atoms with Crippen molar-refractivity contribution in [1.29, 1.82) is 0 Å². The highest BCUT2D eigenvalue weighted by molar-refractivity contribution is 9.10. The van der Waals surface area contributed by atoms with Gasteiger partial charge >= 0.3 is 0 Å².